The highest BCUT2D eigenvalue weighted by molar-refractivity contribution is 9.10. The van der Waals surface area contributed by atoms with Crippen molar-refractivity contribution >= 4 is 27.4 Å². The molecule has 70 valence electrons. The third kappa shape index (κ3) is 1.77. The van der Waals surface area contributed by atoms with E-state index in [2.05, 4.69) is 25.8 Å². The zero-order valence-corrected chi connectivity index (χ0v) is 8.92. The maximum absolute atomic E-state index is 5.87. The van der Waals surface area contributed by atoms with E-state index in [0.717, 1.165) is 29.1 Å². The molecule has 4 heteroatoms. The molecular weight excluding hydrogens is 230 g/mol. The lowest BCUT2D eigenvalue weighted by Gasteiger charge is -2.17. The van der Waals surface area contributed by atoms with E-state index in [1.54, 1.807) is 6.20 Å². The van der Waals surface area contributed by atoms with Crippen LogP contribution >= 0.6 is 15.9 Å². The van der Waals surface area contributed by atoms with Crippen molar-refractivity contribution in [3.05, 3.63) is 16.7 Å². The van der Waals surface area contributed by atoms with Crippen molar-refractivity contribution in [2.75, 3.05) is 23.7 Å². The molecule has 1 aromatic rings. The van der Waals surface area contributed by atoms with E-state index in [9.17, 15) is 0 Å². The van der Waals surface area contributed by atoms with Crippen LogP contribution in [-0.2, 0) is 0 Å². The second kappa shape index (κ2) is 3.54. The summed E-state index contributed by atoms with van der Waals surface area (Å²) in [5.41, 5.74) is 6.63. The number of hydrogen-bond donors (Lipinski definition) is 1. The van der Waals surface area contributed by atoms with Crippen LogP contribution in [0.5, 0.6) is 0 Å². The van der Waals surface area contributed by atoms with Gasteiger partial charge >= 0.3 is 0 Å². The molecule has 3 nitrogen and oxygen atoms in total. The molecule has 0 aliphatic carbocycles. The number of pyridine rings is 1. The summed E-state index contributed by atoms with van der Waals surface area (Å²) < 4.78 is 0.938. The molecule has 1 aliphatic heterocycles. The molecular formula is C9H12BrN3. The Hall–Kier alpha value is -0.770. The summed E-state index contributed by atoms with van der Waals surface area (Å²) in [6.07, 6.45) is 4.29. The molecule has 0 spiro atoms. The van der Waals surface area contributed by atoms with Gasteiger partial charge in [0.15, 0.2) is 5.82 Å². The fraction of sp³-hybridized carbons (Fsp3) is 0.444. The van der Waals surface area contributed by atoms with Gasteiger partial charge < -0.3 is 10.6 Å². The summed E-state index contributed by atoms with van der Waals surface area (Å²) in [5, 5.41) is 0. The molecule has 0 unspecified atom stereocenters. The first-order chi connectivity index (χ1) is 6.27. The molecule has 1 fully saturated rings. The van der Waals surface area contributed by atoms with Crippen LogP contribution in [0.15, 0.2) is 16.7 Å². The predicted molar refractivity (Wildman–Crippen MR) is 57.8 cm³/mol. The topological polar surface area (TPSA) is 42.1 Å². The second-order valence-electron chi connectivity index (χ2n) is 3.26. The van der Waals surface area contributed by atoms with Gasteiger partial charge in [0.2, 0.25) is 0 Å². The van der Waals surface area contributed by atoms with Crippen LogP contribution in [0.4, 0.5) is 11.5 Å². The fourth-order valence-electron chi connectivity index (χ4n) is 1.64. The van der Waals surface area contributed by atoms with Gasteiger partial charge in [0.1, 0.15) is 0 Å². The molecule has 2 heterocycles. The van der Waals surface area contributed by atoms with Crippen molar-refractivity contribution in [1.29, 1.82) is 0 Å². The van der Waals surface area contributed by atoms with Crippen LogP contribution < -0.4 is 10.6 Å². The molecule has 2 rings (SSSR count). The third-order valence-corrected chi connectivity index (χ3v) is 2.70. The summed E-state index contributed by atoms with van der Waals surface area (Å²) in [7, 11) is 0. The zero-order valence-electron chi connectivity index (χ0n) is 7.33. The van der Waals surface area contributed by atoms with E-state index in [4.69, 9.17) is 5.73 Å². The van der Waals surface area contributed by atoms with Crippen LogP contribution in [-0.4, -0.2) is 18.1 Å². The molecule has 0 amide bonds. The molecule has 0 bridgehead atoms. The van der Waals surface area contributed by atoms with Crippen LogP contribution in [0.3, 0.4) is 0 Å². The van der Waals surface area contributed by atoms with Gasteiger partial charge in [-0.25, -0.2) is 4.98 Å². The van der Waals surface area contributed by atoms with Crippen molar-refractivity contribution in [2.24, 2.45) is 0 Å². The largest absolute Gasteiger partial charge is 0.396 e. The average Bonchev–Trinajstić information content (AvgIpc) is 2.56. The minimum absolute atomic E-state index is 0.760. The van der Waals surface area contributed by atoms with Crippen LogP contribution in [0.25, 0.3) is 0 Å². The summed E-state index contributed by atoms with van der Waals surface area (Å²) >= 11 is 3.34. The van der Waals surface area contributed by atoms with Gasteiger partial charge in [-0.2, -0.15) is 0 Å². The minimum atomic E-state index is 0.760. The van der Waals surface area contributed by atoms with E-state index in [1.165, 1.54) is 12.8 Å². The average molecular weight is 242 g/mol. The molecule has 0 atom stereocenters. The maximum atomic E-state index is 5.87. The molecule has 1 saturated heterocycles. The fourth-order valence-corrected chi connectivity index (χ4v) is 1.99. The zero-order chi connectivity index (χ0) is 9.26. The summed E-state index contributed by atoms with van der Waals surface area (Å²) in [5.74, 6) is 0.931. The lowest BCUT2D eigenvalue weighted by molar-refractivity contribution is 0.939. The quantitative estimate of drug-likeness (QED) is 0.819. The van der Waals surface area contributed by atoms with E-state index >= 15 is 0 Å². The van der Waals surface area contributed by atoms with Crippen LogP contribution in [0.2, 0.25) is 0 Å². The van der Waals surface area contributed by atoms with Gasteiger partial charge in [-0.05, 0) is 34.8 Å². The molecule has 13 heavy (non-hydrogen) atoms. The molecule has 0 aromatic carbocycles. The Bertz CT molecular complexity index is 308. The molecule has 1 aliphatic rings. The van der Waals surface area contributed by atoms with Gasteiger partial charge in [-0.3, -0.25) is 0 Å². The Kier molecular flexibility index (Phi) is 2.40. The van der Waals surface area contributed by atoms with Gasteiger partial charge in [0.25, 0.3) is 0 Å². The normalized spacial score (nSPS) is 16.5. The van der Waals surface area contributed by atoms with Crippen molar-refractivity contribution in [1.82, 2.24) is 4.98 Å². The first-order valence-corrected chi connectivity index (χ1v) is 5.22. The lowest BCUT2D eigenvalue weighted by Crippen LogP contribution is -2.20. The first kappa shape index (κ1) is 8.81. The number of hydrogen-bond acceptors (Lipinski definition) is 3. The summed E-state index contributed by atoms with van der Waals surface area (Å²) in [6, 6.07) is 1.90. The number of halogens is 1. The highest BCUT2D eigenvalue weighted by Gasteiger charge is 2.15. The summed E-state index contributed by atoms with van der Waals surface area (Å²) in [6.45, 7) is 2.16. The van der Waals surface area contributed by atoms with Crippen LogP contribution in [0.1, 0.15) is 12.8 Å². The van der Waals surface area contributed by atoms with Crippen molar-refractivity contribution in [3.8, 4) is 0 Å². The Morgan fingerprint density at radius 1 is 1.38 bits per heavy atom. The number of nitrogen functional groups attached to an aromatic ring is 1. The van der Waals surface area contributed by atoms with Gasteiger partial charge in [-0.1, -0.05) is 0 Å². The molecule has 2 N–H and O–H groups in total. The lowest BCUT2D eigenvalue weighted by atomic mass is 10.4. The molecule has 0 saturated carbocycles. The number of aromatic nitrogens is 1. The number of nitrogens with two attached hydrogens (primary N) is 1. The third-order valence-electron chi connectivity index (χ3n) is 2.27. The Labute approximate surface area is 86.1 Å². The highest BCUT2D eigenvalue weighted by atomic mass is 79.9. The minimum Gasteiger partial charge on any atom is -0.396 e. The Morgan fingerprint density at radius 2 is 2.08 bits per heavy atom. The van der Waals surface area contributed by atoms with Crippen LogP contribution in [0, 0.1) is 0 Å². The SMILES string of the molecule is Nc1cc(Br)cnc1N1CCCC1. The van der Waals surface area contributed by atoms with Gasteiger partial charge in [0.05, 0.1) is 5.69 Å². The predicted octanol–water partition coefficient (Wildman–Crippen LogP) is 2.03. The Morgan fingerprint density at radius 3 is 2.69 bits per heavy atom. The van der Waals surface area contributed by atoms with E-state index in [-0.39, 0.29) is 0 Å². The molecule has 1 aromatic heterocycles. The molecule has 0 radical (unpaired) electrons. The van der Waals surface area contributed by atoms with Crippen molar-refractivity contribution < 1.29 is 0 Å². The van der Waals surface area contributed by atoms with Crippen molar-refractivity contribution in [2.45, 2.75) is 12.8 Å². The van der Waals surface area contributed by atoms with E-state index in [1.807, 2.05) is 6.07 Å². The van der Waals surface area contributed by atoms with Crippen molar-refractivity contribution in [3.63, 3.8) is 0 Å². The monoisotopic (exact) mass is 241 g/mol. The smallest absolute Gasteiger partial charge is 0.151 e. The standard InChI is InChI=1S/C9H12BrN3/c10-7-5-8(11)9(12-6-7)13-3-1-2-4-13/h5-6H,1-4,11H2. The highest BCUT2D eigenvalue weighted by Crippen LogP contribution is 2.26. The first-order valence-electron chi connectivity index (χ1n) is 4.43. The van der Waals surface area contributed by atoms with Gasteiger partial charge in [0, 0.05) is 23.8 Å². The maximum Gasteiger partial charge on any atom is 0.151 e. The Balaban J connectivity index is 2.29. The number of anilines is 2. The number of rotatable bonds is 1. The number of nitrogens with zero attached hydrogens (tertiary/aromatic N) is 2. The van der Waals surface area contributed by atoms with E-state index in [0.29, 0.717) is 0 Å². The van der Waals surface area contributed by atoms with E-state index < -0.39 is 0 Å². The second-order valence-corrected chi connectivity index (χ2v) is 4.18. The summed E-state index contributed by atoms with van der Waals surface area (Å²) in [4.78, 5) is 6.55. The van der Waals surface area contributed by atoms with Gasteiger partial charge in [-0.15, -0.1) is 0 Å².